The maximum absolute atomic E-state index is 10.9. The fourth-order valence-electron chi connectivity index (χ4n) is 3.05. The van der Waals surface area contributed by atoms with E-state index in [-0.39, 0.29) is 5.75 Å². The van der Waals surface area contributed by atoms with Crippen LogP contribution in [0.25, 0.3) is 22.3 Å². The molecular formula is C25H19Cl2NOTi. The van der Waals surface area contributed by atoms with Gasteiger partial charge in [0.25, 0.3) is 0 Å². The number of benzene rings is 4. The minimum absolute atomic E-state index is 0.237. The molecule has 0 fully saturated rings. The van der Waals surface area contributed by atoms with Gasteiger partial charge in [-0.3, -0.25) is 4.99 Å². The third kappa shape index (κ3) is 6.07. The molecule has 148 valence electrons. The summed E-state index contributed by atoms with van der Waals surface area (Å²) in [6.07, 6.45) is 1.73. The van der Waals surface area contributed by atoms with Crippen LogP contribution in [0.3, 0.4) is 0 Å². The van der Waals surface area contributed by atoms with Gasteiger partial charge in [-0.25, -0.2) is 0 Å². The van der Waals surface area contributed by atoms with Crippen molar-refractivity contribution >= 4 is 30.5 Å². The predicted octanol–water partition coefficient (Wildman–Crippen LogP) is 7.85. The van der Waals surface area contributed by atoms with E-state index in [1.807, 2.05) is 91.0 Å². The Morgan fingerprint density at radius 2 is 1.17 bits per heavy atom. The first kappa shape index (κ1) is 22.3. The Kier molecular flexibility index (Phi) is 8.73. The van der Waals surface area contributed by atoms with Gasteiger partial charge in [-0.2, -0.15) is 0 Å². The first-order valence-electron chi connectivity index (χ1n) is 9.26. The molecule has 1 N–H and O–H groups in total. The molecule has 0 radical (unpaired) electrons. The van der Waals surface area contributed by atoms with Gasteiger partial charge in [0.1, 0.15) is 5.75 Å². The van der Waals surface area contributed by atoms with Gasteiger partial charge in [0.15, 0.2) is 0 Å². The molecule has 0 aromatic heterocycles. The average Bonchev–Trinajstić information content (AvgIpc) is 2.81. The number of hydrogen-bond acceptors (Lipinski definition) is 2. The van der Waals surface area contributed by atoms with Gasteiger partial charge in [0.2, 0.25) is 0 Å². The van der Waals surface area contributed by atoms with Crippen molar-refractivity contribution in [2.24, 2.45) is 4.99 Å². The molecule has 5 heteroatoms. The number of hydrogen-bond donors (Lipinski definition) is 1. The molecule has 0 aliphatic rings. The summed E-state index contributed by atoms with van der Waals surface area (Å²) in [5.41, 5.74) is 5.46. The van der Waals surface area contributed by atoms with Crippen LogP contribution in [0, 0.1) is 0 Å². The molecule has 0 bridgehead atoms. The van der Waals surface area contributed by atoms with Crippen LogP contribution >= 0.6 is 18.6 Å². The number of phenols is 1. The van der Waals surface area contributed by atoms with E-state index in [9.17, 15) is 5.11 Å². The summed E-state index contributed by atoms with van der Waals surface area (Å²) < 4.78 is 0. The summed E-state index contributed by atoms with van der Waals surface area (Å²) in [6, 6.07) is 33.8. The number of nitrogens with zero attached hydrogens (tertiary/aromatic N) is 1. The van der Waals surface area contributed by atoms with Crippen LogP contribution in [0.4, 0.5) is 5.69 Å². The van der Waals surface area contributed by atoms with Crippen LogP contribution in [-0.2, 0) is 17.0 Å². The zero-order valence-electron chi connectivity index (χ0n) is 16.0. The van der Waals surface area contributed by atoms with Crippen LogP contribution in [0.1, 0.15) is 5.56 Å². The van der Waals surface area contributed by atoms with Crippen molar-refractivity contribution in [1.29, 1.82) is 0 Å². The quantitative estimate of drug-likeness (QED) is 0.240. The van der Waals surface area contributed by atoms with E-state index in [1.165, 1.54) is 0 Å². The minimum atomic E-state index is -0.556. The molecule has 0 aliphatic carbocycles. The monoisotopic (exact) mass is 467 g/mol. The van der Waals surface area contributed by atoms with Crippen molar-refractivity contribution in [3.63, 3.8) is 0 Å². The number of phenolic OH excluding ortho intramolecular Hbond substituents is 1. The fraction of sp³-hybridized carbons (Fsp3) is 0. The molecule has 2 nitrogen and oxygen atoms in total. The van der Waals surface area contributed by atoms with Gasteiger partial charge in [0.05, 0.1) is 5.69 Å². The summed E-state index contributed by atoms with van der Waals surface area (Å²) in [5, 5.41) is 10.9. The van der Waals surface area contributed by atoms with Gasteiger partial charge in [-0.1, -0.05) is 78.9 Å². The number of rotatable bonds is 4. The standard InChI is InChI=1S/C25H19NO.2ClH.Ti/c27-25-22(18-26-23-14-8-3-9-15-23)16-21(19-10-4-1-5-11-19)17-24(25)20-12-6-2-7-13-20;;;/h1-18,27H;2*1H;/q;;;+2/p-2. The van der Waals surface area contributed by atoms with Crippen LogP contribution in [0.5, 0.6) is 5.75 Å². The third-order valence-corrected chi connectivity index (χ3v) is 4.44. The molecular weight excluding hydrogens is 449 g/mol. The summed E-state index contributed by atoms with van der Waals surface area (Å²) in [7, 11) is 9.78. The molecule has 4 aromatic rings. The van der Waals surface area contributed by atoms with Crippen molar-refractivity contribution in [2.75, 3.05) is 0 Å². The molecule has 30 heavy (non-hydrogen) atoms. The second-order valence-corrected chi connectivity index (χ2v) is 8.94. The Morgan fingerprint density at radius 3 is 1.73 bits per heavy atom. The van der Waals surface area contributed by atoms with Crippen molar-refractivity contribution in [3.05, 3.63) is 109 Å². The molecule has 0 heterocycles. The molecule has 4 aromatic carbocycles. The average molecular weight is 468 g/mol. The molecule has 0 saturated heterocycles. The Morgan fingerprint density at radius 1 is 0.667 bits per heavy atom. The van der Waals surface area contributed by atoms with Crippen LogP contribution in [0.2, 0.25) is 0 Å². The molecule has 0 unspecified atom stereocenters. The van der Waals surface area contributed by atoms with Crippen molar-refractivity contribution in [3.8, 4) is 28.0 Å². The molecule has 0 aliphatic heterocycles. The van der Waals surface area contributed by atoms with Crippen molar-refractivity contribution in [2.45, 2.75) is 0 Å². The van der Waals surface area contributed by atoms with E-state index in [2.05, 4.69) is 17.1 Å². The molecule has 0 atom stereocenters. The van der Waals surface area contributed by atoms with E-state index in [0.29, 0.717) is 5.56 Å². The van der Waals surface area contributed by atoms with Crippen molar-refractivity contribution < 1.29 is 22.1 Å². The number of halogens is 2. The van der Waals surface area contributed by atoms with E-state index >= 15 is 0 Å². The number of para-hydroxylation sites is 1. The fourth-order valence-corrected chi connectivity index (χ4v) is 3.05. The third-order valence-electron chi connectivity index (χ3n) is 4.44. The molecule has 0 saturated carbocycles. The van der Waals surface area contributed by atoms with Gasteiger partial charge in [0, 0.05) is 17.3 Å². The van der Waals surface area contributed by atoms with Gasteiger partial charge in [-0.15, -0.1) is 0 Å². The van der Waals surface area contributed by atoms with E-state index in [0.717, 1.165) is 27.9 Å². The topological polar surface area (TPSA) is 32.6 Å². The van der Waals surface area contributed by atoms with Gasteiger partial charge >= 0.3 is 35.6 Å². The van der Waals surface area contributed by atoms with Crippen LogP contribution < -0.4 is 0 Å². The second kappa shape index (κ2) is 11.7. The normalized spacial score (nSPS) is 10.3. The first-order chi connectivity index (χ1) is 14.7. The maximum atomic E-state index is 10.9. The van der Waals surface area contributed by atoms with E-state index < -0.39 is 17.0 Å². The Labute approximate surface area is 193 Å². The SMILES string of the molecule is Oc1c(C=Nc2ccccc2)cc(-c2ccccc2)cc1-c1ccccc1.[Cl][Ti][Cl]. The number of aromatic hydroxyl groups is 1. The second-order valence-electron chi connectivity index (χ2n) is 6.36. The van der Waals surface area contributed by atoms with Crippen molar-refractivity contribution in [1.82, 2.24) is 0 Å². The Bertz CT molecular complexity index is 1090. The first-order valence-corrected chi connectivity index (χ1v) is 13.6. The zero-order chi connectivity index (χ0) is 21.2. The molecule has 0 amide bonds. The zero-order valence-corrected chi connectivity index (χ0v) is 19.1. The summed E-state index contributed by atoms with van der Waals surface area (Å²) >= 11 is -0.556. The molecule has 0 spiro atoms. The molecule has 4 rings (SSSR count). The summed E-state index contributed by atoms with van der Waals surface area (Å²) in [4.78, 5) is 4.52. The van der Waals surface area contributed by atoms with Crippen LogP contribution in [-0.4, -0.2) is 11.3 Å². The van der Waals surface area contributed by atoms with Gasteiger partial charge in [-0.05, 0) is 41.0 Å². The van der Waals surface area contributed by atoms with Gasteiger partial charge < -0.3 is 5.11 Å². The number of aliphatic imine (C=N–C) groups is 1. The van der Waals surface area contributed by atoms with E-state index in [4.69, 9.17) is 18.6 Å². The summed E-state index contributed by atoms with van der Waals surface area (Å²) in [6.45, 7) is 0. The predicted molar refractivity (Wildman–Crippen MR) is 124 cm³/mol. The van der Waals surface area contributed by atoms with E-state index in [1.54, 1.807) is 6.21 Å². The Balaban J connectivity index is 0.000000806. The Hall–Kier alpha value is -2.36. The summed E-state index contributed by atoms with van der Waals surface area (Å²) in [5.74, 6) is 0.237. The van der Waals surface area contributed by atoms with Crippen LogP contribution in [0.15, 0.2) is 108 Å².